The van der Waals surface area contributed by atoms with Crippen LogP contribution < -0.4 is 4.57 Å². The molecule has 0 fully saturated rings. The molecule has 0 aliphatic heterocycles. The van der Waals surface area contributed by atoms with Crippen molar-refractivity contribution in [2.45, 2.75) is 33.4 Å². The first-order valence-corrected chi connectivity index (χ1v) is 4.88. The van der Waals surface area contributed by atoms with Crippen LogP contribution in [0.2, 0.25) is 0 Å². The minimum atomic E-state index is 0.773. The summed E-state index contributed by atoms with van der Waals surface area (Å²) >= 11 is 0. The lowest BCUT2D eigenvalue weighted by Gasteiger charge is -1.99. The normalized spacial score (nSPS) is 10.7. The number of allylic oxidation sites excluding steroid dienone is 1. The zero-order valence-electron chi connectivity index (χ0n) is 8.61. The zero-order valence-corrected chi connectivity index (χ0v) is 8.61. The van der Waals surface area contributed by atoms with Gasteiger partial charge in [0.25, 0.3) is 0 Å². The minimum Gasteiger partial charge on any atom is -0.237 e. The van der Waals surface area contributed by atoms with Crippen molar-refractivity contribution < 1.29 is 4.57 Å². The molecule has 0 aromatic carbocycles. The monoisotopic (exact) mass is 179 g/mol. The third-order valence-corrected chi connectivity index (χ3v) is 2.05. The first-order chi connectivity index (χ1) is 6.22. The molecule has 0 saturated heterocycles. The summed E-state index contributed by atoms with van der Waals surface area (Å²) in [5.74, 6) is 0.773. The molecule has 72 valence electrons. The highest BCUT2D eigenvalue weighted by Crippen LogP contribution is 1.98. The van der Waals surface area contributed by atoms with Gasteiger partial charge in [0, 0.05) is 0 Å². The fourth-order valence-corrected chi connectivity index (χ4v) is 1.24. The van der Waals surface area contributed by atoms with Gasteiger partial charge in [0.05, 0.1) is 6.54 Å². The van der Waals surface area contributed by atoms with Crippen LogP contribution in [-0.4, -0.2) is 4.57 Å². The van der Waals surface area contributed by atoms with Gasteiger partial charge in [-0.25, -0.2) is 9.13 Å². The van der Waals surface area contributed by atoms with E-state index < -0.39 is 0 Å². The molecule has 1 rings (SSSR count). The fraction of sp³-hybridized carbons (Fsp3) is 0.545. The lowest BCUT2D eigenvalue weighted by atomic mass is 10.1. The second-order valence-electron chi connectivity index (χ2n) is 3.82. The molecule has 1 aromatic rings. The number of nitrogens with zero attached hydrogens (tertiary/aromatic N) is 2. The van der Waals surface area contributed by atoms with Gasteiger partial charge in [0.15, 0.2) is 0 Å². The van der Waals surface area contributed by atoms with Crippen LogP contribution in [-0.2, 0) is 13.1 Å². The Labute approximate surface area is 80.5 Å². The zero-order chi connectivity index (χ0) is 9.68. The molecular weight excluding hydrogens is 160 g/mol. The van der Waals surface area contributed by atoms with Crippen molar-refractivity contribution in [1.82, 2.24) is 4.57 Å². The molecule has 0 amide bonds. The van der Waals surface area contributed by atoms with E-state index in [9.17, 15) is 0 Å². The van der Waals surface area contributed by atoms with Gasteiger partial charge in [-0.3, -0.25) is 0 Å². The van der Waals surface area contributed by atoms with E-state index in [1.165, 1.54) is 6.42 Å². The van der Waals surface area contributed by atoms with Gasteiger partial charge >= 0.3 is 0 Å². The number of rotatable bonds is 5. The maximum atomic E-state index is 3.71. The molecule has 0 N–H and O–H groups in total. The lowest BCUT2D eigenvalue weighted by Crippen LogP contribution is -2.31. The van der Waals surface area contributed by atoms with E-state index in [1.807, 2.05) is 6.08 Å². The highest BCUT2D eigenvalue weighted by Gasteiger charge is 2.02. The van der Waals surface area contributed by atoms with Crippen molar-refractivity contribution in [3.63, 3.8) is 0 Å². The smallest absolute Gasteiger partial charge is 0.237 e. The predicted octanol–water partition coefficient (Wildman–Crippen LogP) is 2.01. The summed E-state index contributed by atoms with van der Waals surface area (Å²) in [4.78, 5) is 0. The Morgan fingerprint density at radius 2 is 2.31 bits per heavy atom. The molecule has 2 heteroatoms. The van der Waals surface area contributed by atoms with Crippen molar-refractivity contribution in [2.24, 2.45) is 5.92 Å². The van der Waals surface area contributed by atoms with Gasteiger partial charge in [0.2, 0.25) is 6.33 Å². The molecule has 2 nitrogen and oxygen atoms in total. The van der Waals surface area contributed by atoms with Gasteiger partial charge in [0.1, 0.15) is 18.9 Å². The standard InChI is InChI=1S/C11H19N2/c1-4-6-12-8-9-13(10-12)7-5-11(2)3/h4,8-11H,1,5-7H2,2-3H3/q+1. The first-order valence-electron chi connectivity index (χ1n) is 4.88. The Hall–Kier alpha value is -1.05. The van der Waals surface area contributed by atoms with Crippen molar-refractivity contribution in [3.05, 3.63) is 31.4 Å². The Bertz CT molecular complexity index is 261. The van der Waals surface area contributed by atoms with E-state index >= 15 is 0 Å². The van der Waals surface area contributed by atoms with Crippen molar-refractivity contribution in [3.8, 4) is 0 Å². The molecule has 1 heterocycles. The molecule has 0 radical (unpaired) electrons. The van der Waals surface area contributed by atoms with E-state index in [0.717, 1.165) is 19.0 Å². The van der Waals surface area contributed by atoms with Gasteiger partial charge < -0.3 is 0 Å². The second-order valence-corrected chi connectivity index (χ2v) is 3.82. The average molecular weight is 179 g/mol. The summed E-state index contributed by atoms with van der Waals surface area (Å²) in [5, 5.41) is 0. The van der Waals surface area contributed by atoms with Crippen molar-refractivity contribution >= 4 is 0 Å². The SMILES string of the molecule is C=CCn1cc[n+](CCC(C)C)c1. The molecule has 0 spiro atoms. The van der Waals surface area contributed by atoms with E-state index in [4.69, 9.17) is 0 Å². The molecule has 0 aliphatic rings. The largest absolute Gasteiger partial charge is 0.244 e. The highest BCUT2D eigenvalue weighted by atomic mass is 15.1. The third kappa shape index (κ3) is 3.45. The molecule has 13 heavy (non-hydrogen) atoms. The molecule has 0 unspecified atom stereocenters. The minimum absolute atomic E-state index is 0.773. The summed E-state index contributed by atoms with van der Waals surface area (Å²) in [6, 6.07) is 0. The summed E-state index contributed by atoms with van der Waals surface area (Å²) in [5.41, 5.74) is 0. The molecule has 0 aliphatic carbocycles. The maximum Gasteiger partial charge on any atom is 0.244 e. The maximum absolute atomic E-state index is 3.71. The van der Waals surface area contributed by atoms with Crippen LogP contribution in [0.15, 0.2) is 31.4 Å². The predicted molar refractivity (Wildman–Crippen MR) is 54.3 cm³/mol. The number of imidazole rings is 1. The van der Waals surface area contributed by atoms with E-state index in [1.54, 1.807) is 0 Å². The van der Waals surface area contributed by atoms with Gasteiger partial charge in [-0.15, -0.1) is 0 Å². The molecule has 0 saturated carbocycles. The van der Waals surface area contributed by atoms with Crippen molar-refractivity contribution in [2.75, 3.05) is 0 Å². The van der Waals surface area contributed by atoms with Crippen LogP contribution in [0.1, 0.15) is 20.3 Å². The lowest BCUT2D eigenvalue weighted by molar-refractivity contribution is -0.697. The summed E-state index contributed by atoms with van der Waals surface area (Å²) in [7, 11) is 0. The molecule has 0 atom stereocenters. The Kier molecular flexibility index (Phi) is 3.74. The van der Waals surface area contributed by atoms with Gasteiger partial charge in [-0.2, -0.15) is 0 Å². The molecule has 1 aromatic heterocycles. The van der Waals surface area contributed by atoms with Crippen LogP contribution in [0, 0.1) is 5.92 Å². The van der Waals surface area contributed by atoms with Gasteiger partial charge in [-0.1, -0.05) is 26.5 Å². The number of hydrogen-bond acceptors (Lipinski definition) is 0. The fourth-order valence-electron chi connectivity index (χ4n) is 1.24. The molecule has 0 bridgehead atoms. The third-order valence-electron chi connectivity index (χ3n) is 2.05. The number of aromatic nitrogens is 2. The second kappa shape index (κ2) is 4.85. The highest BCUT2D eigenvalue weighted by molar-refractivity contribution is 4.73. The van der Waals surface area contributed by atoms with Crippen molar-refractivity contribution in [1.29, 1.82) is 0 Å². The average Bonchev–Trinajstić information content (AvgIpc) is 2.50. The summed E-state index contributed by atoms with van der Waals surface area (Å²) in [6.07, 6.45) is 9.48. The van der Waals surface area contributed by atoms with Crippen LogP contribution in [0.4, 0.5) is 0 Å². The van der Waals surface area contributed by atoms with Crippen LogP contribution in [0.3, 0.4) is 0 Å². The first kappa shape index (κ1) is 10.0. The van der Waals surface area contributed by atoms with Crippen LogP contribution >= 0.6 is 0 Å². The summed E-state index contributed by atoms with van der Waals surface area (Å²) in [6.45, 7) is 10.2. The Morgan fingerprint density at radius 3 is 2.92 bits per heavy atom. The Morgan fingerprint density at radius 1 is 1.54 bits per heavy atom. The van der Waals surface area contributed by atoms with E-state index in [2.05, 4.69) is 48.3 Å². The van der Waals surface area contributed by atoms with Crippen LogP contribution in [0.25, 0.3) is 0 Å². The van der Waals surface area contributed by atoms with Gasteiger partial charge in [-0.05, 0) is 12.3 Å². The number of aryl methyl sites for hydroxylation is 1. The summed E-state index contributed by atoms with van der Waals surface area (Å²) < 4.78 is 4.36. The Balaban J connectivity index is 2.44. The quantitative estimate of drug-likeness (QED) is 0.483. The van der Waals surface area contributed by atoms with Crippen LogP contribution in [0.5, 0.6) is 0 Å². The van der Waals surface area contributed by atoms with E-state index in [0.29, 0.717) is 0 Å². The molecular formula is C11H19N2+. The number of hydrogen-bond donors (Lipinski definition) is 0. The van der Waals surface area contributed by atoms with E-state index in [-0.39, 0.29) is 0 Å². The topological polar surface area (TPSA) is 8.81 Å².